The average Bonchev–Trinajstić information content (AvgIpc) is 4.05. The Morgan fingerprint density at radius 2 is 1.18 bits per heavy atom. The Morgan fingerprint density at radius 3 is 1.54 bits per heavy atom. The summed E-state index contributed by atoms with van der Waals surface area (Å²) in [5, 5.41) is 23.7. The molecule has 0 saturated carbocycles. The van der Waals surface area contributed by atoms with Crippen LogP contribution in [0.1, 0.15) is 30.7 Å². The van der Waals surface area contributed by atoms with Crippen LogP contribution in [0.25, 0.3) is 31.9 Å². The topological polar surface area (TPSA) is 162 Å². The second-order valence-electron chi connectivity index (χ2n) is 14.0. The number of carboxylic acid groups (broad SMARTS) is 1. The van der Waals surface area contributed by atoms with Gasteiger partial charge in [-0.2, -0.15) is 10.2 Å². The number of morpholine rings is 2. The summed E-state index contributed by atoms with van der Waals surface area (Å²) < 4.78 is 19.3. The normalized spacial score (nSPS) is 13.2. The van der Waals surface area contributed by atoms with E-state index in [-0.39, 0.29) is 41.9 Å². The molecular weight excluding hydrogens is 1180 g/mol. The van der Waals surface area contributed by atoms with E-state index in [1.54, 1.807) is 58.9 Å². The maximum absolute atomic E-state index is 13.3. The number of halogens is 4. The Balaban J connectivity index is 0.000000241. The van der Waals surface area contributed by atoms with E-state index in [0.29, 0.717) is 128 Å². The number of carbonyl (C=O) groups is 2. The van der Waals surface area contributed by atoms with E-state index in [1.165, 1.54) is 11.3 Å². The molecule has 2 aliphatic heterocycles. The first-order chi connectivity index (χ1) is 31.1. The number of anilines is 4. The number of nitrogens with two attached hydrogens (primary N) is 1. The summed E-state index contributed by atoms with van der Waals surface area (Å²) in [7, 11) is 7.34. The maximum atomic E-state index is 13.3. The summed E-state index contributed by atoms with van der Waals surface area (Å²) in [4.78, 5) is 37.1. The Hall–Kier alpha value is -4.22. The zero-order valence-corrected chi connectivity index (χ0v) is 44.2. The summed E-state index contributed by atoms with van der Waals surface area (Å²) >= 11 is 26.8. The molecule has 6 aromatic rings. The van der Waals surface area contributed by atoms with Crippen LogP contribution in [0.4, 0.5) is 33.0 Å². The average molecular weight is 1220 g/mol. The SMILES string of the molecule is Cc1cc(N)n(C)n1.[3H][B].[C-]#[N+]c1c(N2CCOCC2)sc(C(=O)Nc2cc(C)nn2C)c1-c1ccc(Cl)c(Cl)c1.[C-]#[N+]c1c(N2CCOCC2)sc(C(=O)O)c1-c1ccc(Cl)c(Cl)c1.[U]. The Kier molecular flexibility index (Phi) is 19.1. The summed E-state index contributed by atoms with van der Waals surface area (Å²) in [5.41, 5.74) is 10.1. The molecule has 0 spiro atoms. The quantitative estimate of drug-likeness (QED) is 0.104. The third-order valence-corrected chi connectivity index (χ3v) is 13.6. The van der Waals surface area contributed by atoms with Crippen LogP contribution >= 0.6 is 69.1 Å². The number of hydrogen-bond acceptors (Lipinski definition) is 11. The number of nitrogen functional groups attached to an aromatic ring is 1. The molecule has 0 bridgehead atoms. The first-order valence-corrected chi connectivity index (χ1v) is 22.2. The molecule has 4 N–H and O–H groups in total. The van der Waals surface area contributed by atoms with E-state index < -0.39 is 5.97 Å². The number of aryl methyl sites for hydroxylation is 4. The summed E-state index contributed by atoms with van der Waals surface area (Å²) in [6.07, 6.45) is 0. The number of carboxylic acids is 1. The molecule has 4 aromatic heterocycles. The molecule has 0 atom stereocenters. The van der Waals surface area contributed by atoms with Crippen molar-refractivity contribution in [3.63, 3.8) is 0 Å². The van der Waals surface area contributed by atoms with Crippen LogP contribution < -0.4 is 20.9 Å². The molecule has 2 aliphatic rings. The minimum Gasteiger partial charge on any atom is -0.477 e. The van der Waals surface area contributed by atoms with Crippen molar-refractivity contribution < 1.29 is 55.3 Å². The molecule has 2 fully saturated rings. The van der Waals surface area contributed by atoms with Crippen molar-refractivity contribution in [2.75, 3.05) is 73.5 Å². The molecule has 65 heavy (non-hydrogen) atoms. The van der Waals surface area contributed by atoms with Gasteiger partial charge in [0.15, 0.2) is 0 Å². The number of nitrogens with zero attached hydrogens (tertiary/aromatic N) is 8. The standard InChI is InChI=1S/C21H19Cl2N5O2S.C16H12Cl2N2O3S.C5H9N3.BH.U/c1-12-10-16(27(3)26-12)25-20(29)19-17(13-4-5-14(22)15(23)11-13)18(24-2)21(31-19)28-6-8-30-9-7-28;1-19-13-12(9-2-3-10(17)11(18)8-9)14(16(21)22)24-15(13)20-4-6-23-7-5-20;1-4-3-5(6)8(2)7-4;;/h4-5,10-11H,6-9H2,1,3H3,(H,25,29);2-3,8H,4-7H2,(H,21,22);3H,6H2,1-2H3;1H;/i;;;1T;. The largest absolute Gasteiger partial charge is 0.477 e. The van der Waals surface area contributed by atoms with E-state index in [4.69, 9.17) is 76.1 Å². The van der Waals surface area contributed by atoms with Crippen LogP contribution in [0.15, 0.2) is 48.5 Å². The van der Waals surface area contributed by atoms with E-state index >= 15 is 0 Å². The molecule has 0 unspecified atom stereocenters. The van der Waals surface area contributed by atoms with Gasteiger partial charge in [0.05, 0.1) is 85.9 Å². The number of ether oxygens (including phenoxy) is 2. The maximum Gasteiger partial charge on any atom is 0.345 e. The van der Waals surface area contributed by atoms with Crippen molar-refractivity contribution in [2.45, 2.75) is 13.8 Å². The Labute approximate surface area is 431 Å². The van der Waals surface area contributed by atoms with Gasteiger partial charge < -0.3 is 35.4 Å². The van der Waals surface area contributed by atoms with E-state index in [1.807, 2.05) is 31.9 Å². The zero-order chi connectivity index (χ0) is 47.5. The zero-order valence-electron chi connectivity index (χ0n) is 36.4. The summed E-state index contributed by atoms with van der Waals surface area (Å²) in [5.74, 6) is -0.0836. The molecule has 8 rings (SSSR count). The molecule has 1 amide bonds. The van der Waals surface area contributed by atoms with E-state index in [0.717, 1.165) is 27.7 Å². The number of thiophene rings is 2. The second kappa shape index (κ2) is 24.0. The molecule has 0 aliphatic carbocycles. The minimum atomic E-state index is -1.06. The van der Waals surface area contributed by atoms with Crippen LogP contribution in [0.5, 0.6) is 0 Å². The first kappa shape index (κ1) is 51.8. The summed E-state index contributed by atoms with van der Waals surface area (Å²) in [6, 6.07) is 13.6. The number of aromatic nitrogens is 4. The van der Waals surface area contributed by atoms with Crippen molar-refractivity contribution in [2.24, 2.45) is 14.1 Å². The Bertz CT molecular complexity index is 2740. The van der Waals surface area contributed by atoms with Gasteiger partial charge in [-0.15, -0.1) is 22.7 Å². The van der Waals surface area contributed by atoms with Crippen LogP contribution in [-0.4, -0.2) is 98.9 Å². The van der Waals surface area contributed by atoms with Crippen LogP contribution in [0.2, 0.25) is 20.1 Å². The third kappa shape index (κ3) is 12.6. The predicted molar refractivity (Wildman–Crippen MR) is 261 cm³/mol. The Morgan fingerprint density at radius 1 is 0.754 bits per heavy atom. The molecule has 2 radical (unpaired) electrons. The fourth-order valence-electron chi connectivity index (χ4n) is 6.67. The summed E-state index contributed by atoms with van der Waals surface area (Å²) in [6.45, 7) is 24.0. The monoisotopic (exact) mass is 1220 g/mol. The molecule has 2 aromatic carbocycles. The van der Waals surface area contributed by atoms with Crippen LogP contribution in [0.3, 0.4) is 0 Å². The van der Waals surface area contributed by atoms with Gasteiger partial charge >= 0.3 is 5.97 Å². The van der Waals surface area contributed by atoms with Crippen LogP contribution in [-0.2, 0) is 23.6 Å². The van der Waals surface area contributed by atoms with Gasteiger partial charge in [0, 0.05) is 103 Å². The molecule has 23 heteroatoms. The smallest absolute Gasteiger partial charge is 0.345 e. The van der Waals surface area contributed by atoms with Crippen molar-refractivity contribution in [3.05, 3.63) is 113 Å². The second-order valence-corrected chi connectivity index (χ2v) is 17.6. The number of aromatic carboxylic acids is 1. The van der Waals surface area contributed by atoms with Gasteiger partial charge in [-0.3, -0.25) is 14.2 Å². The van der Waals surface area contributed by atoms with Gasteiger partial charge in [0.25, 0.3) is 5.91 Å². The van der Waals surface area contributed by atoms with Crippen molar-refractivity contribution in [3.8, 4) is 22.3 Å². The van der Waals surface area contributed by atoms with Crippen LogP contribution in [0, 0.1) is 58.1 Å². The van der Waals surface area contributed by atoms with Gasteiger partial charge in [-0.25, -0.2) is 14.5 Å². The van der Waals surface area contributed by atoms with Gasteiger partial charge in [0.1, 0.15) is 16.5 Å². The van der Waals surface area contributed by atoms with E-state index in [2.05, 4.69) is 38.5 Å². The number of amides is 1. The number of benzene rings is 2. The van der Waals surface area contributed by atoms with Gasteiger partial charge in [-0.1, -0.05) is 58.5 Å². The van der Waals surface area contributed by atoms with Gasteiger partial charge in [-0.05, 0) is 50.6 Å². The third-order valence-electron chi connectivity index (χ3n) is 9.65. The van der Waals surface area contributed by atoms with Gasteiger partial charge in [0.2, 0.25) is 11.4 Å². The van der Waals surface area contributed by atoms with Crippen molar-refractivity contribution in [1.82, 2.24) is 19.6 Å². The predicted octanol–water partition coefficient (Wildman–Crippen LogP) is 9.87. The number of hydrogen-bond donors (Lipinski definition) is 3. The molecule has 6 heterocycles. The minimum absolute atomic E-state index is 0. The number of nitrogens with one attached hydrogen (secondary N) is 1. The molecule has 15 nitrogen and oxygen atoms in total. The van der Waals surface area contributed by atoms with Crippen molar-refractivity contribution >= 4 is 122 Å². The molecule has 2 saturated heterocycles. The number of carbonyl (C=O) groups excluding carboxylic acids is 1. The van der Waals surface area contributed by atoms with E-state index in [9.17, 15) is 14.7 Å². The van der Waals surface area contributed by atoms with Crippen molar-refractivity contribution in [1.29, 1.82) is 1.34 Å². The first-order valence-electron chi connectivity index (χ1n) is 19.7. The molecular formula is C42H41BCl4N10O5S2U. The fraction of sp³-hybridized carbons (Fsp3) is 0.286. The number of rotatable bonds is 7. The molecule has 336 valence electrons. The fourth-order valence-corrected chi connectivity index (χ4v) is 9.63.